The van der Waals surface area contributed by atoms with E-state index in [0.717, 1.165) is 38.5 Å². The fraction of sp³-hybridized carbons (Fsp3) is 0.857. The van der Waals surface area contributed by atoms with Crippen LogP contribution in [0, 0.1) is 28.6 Å². The summed E-state index contributed by atoms with van der Waals surface area (Å²) in [5.74, 6) is 2.04. The first kappa shape index (κ1) is 18.0. The largest absolute Gasteiger partial charge is 0.389 e. The molecule has 3 saturated carbocycles. The lowest BCUT2D eigenvalue weighted by Crippen LogP contribution is -2.59. The number of fused-ring (bicyclic) bond motifs is 5. The van der Waals surface area contributed by atoms with E-state index >= 15 is 0 Å². The lowest BCUT2D eigenvalue weighted by atomic mass is 9.46. The molecule has 0 aromatic carbocycles. The standard InChI is InChI=1S/C21H31ClO3/c1-19-8-5-14(23)11-13(19)3-4-15-16(19)6-9-20(2)17(15)7-10-21(20,25)18(24)12-22/h11,15-18,24-25H,3-10,12H2,1-2H3/t15?,16?,17?,18?,19?,20?,21-/m0/s1. The van der Waals surface area contributed by atoms with Gasteiger partial charge in [0.15, 0.2) is 5.78 Å². The molecule has 2 N–H and O–H groups in total. The molecular weight excluding hydrogens is 336 g/mol. The third-order valence-electron chi connectivity index (χ3n) is 8.87. The Morgan fingerprint density at radius 2 is 1.88 bits per heavy atom. The van der Waals surface area contributed by atoms with Gasteiger partial charge >= 0.3 is 0 Å². The van der Waals surface area contributed by atoms with Gasteiger partial charge in [-0.15, -0.1) is 11.6 Å². The van der Waals surface area contributed by atoms with E-state index in [0.29, 0.717) is 36.4 Å². The van der Waals surface area contributed by atoms with Gasteiger partial charge in [0.1, 0.15) is 0 Å². The quantitative estimate of drug-likeness (QED) is 0.730. The van der Waals surface area contributed by atoms with Crippen molar-refractivity contribution >= 4 is 17.4 Å². The number of hydrogen-bond acceptors (Lipinski definition) is 3. The van der Waals surface area contributed by atoms with Gasteiger partial charge in [0, 0.05) is 11.8 Å². The van der Waals surface area contributed by atoms with Gasteiger partial charge < -0.3 is 10.2 Å². The summed E-state index contributed by atoms with van der Waals surface area (Å²) in [4.78, 5) is 11.9. The second-order valence-electron chi connectivity index (χ2n) is 9.56. The summed E-state index contributed by atoms with van der Waals surface area (Å²) in [5, 5.41) is 21.8. The SMILES string of the molecule is CC12CCC(=O)C=C1CCC1C2CCC2(C)C1CC[C@]2(O)C(O)CCl. The Hall–Kier alpha value is -0.380. The maximum atomic E-state index is 11.9. The van der Waals surface area contributed by atoms with Crippen molar-refractivity contribution in [1.82, 2.24) is 0 Å². The monoisotopic (exact) mass is 366 g/mol. The van der Waals surface area contributed by atoms with Gasteiger partial charge in [-0.3, -0.25) is 4.79 Å². The van der Waals surface area contributed by atoms with Gasteiger partial charge in [-0.1, -0.05) is 19.4 Å². The number of aliphatic hydroxyl groups excluding tert-OH is 1. The highest BCUT2D eigenvalue weighted by Gasteiger charge is 2.65. The summed E-state index contributed by atoms with van der Waals surface area (Å²) >= 11 is 5.93. The number of halogens is 1. The highest BCUT2D eigenvalue weighted by atomic mass is 35.5. The fourth-order valence-corrected chi connectivity index (χ4v) is 7.54. The molecule has 6 unspecified atom stereocenters. The molecule has 0 bridgehead atoms. The molecule has 4 rings (SSSR count). The third-order valence-corrected chi connectivity index (χ3v) is 9.17. The molecule has 140 valence electrons. The van der Waals surface area contributed by atoms with Crippen LogP contribution in [0.15, 0.2) is 11.6 Å². The van der Waals surface area contributed by atoms with Crippen molar-refractivity contribution in [3.63, 3.8) is 0 Å². The molecule has 0 aliphatic heterocycles. The minimum absolute atomic E-state index is 0.0968. The predicted molar refractivity (Wildman–Crippen MR) is 98.4 cm³/mol. The summed E-state index contributed by atoms with van der Waals surface area (Å²) in [6.45, 7) is 4.56. The van der Waals surface area contributed by atoms with Gasteiger partial charge in [-0.05, 0) is 74.2 Å². The van der Waals surface area contributed by atoms with Crippen LogP contribution in [0.25, 0.3) is 0 Å². The Balaban J connectivity index is 1.67. The van der Waals surface area contributed by atoms with E-state index in [1.54, 1.807) is 0 Å². The molecule has 0 saturated heterocycles. The van der Waals surface area contributed by atoms with E-state index in [4.69, 9.17) is 11.6 Å². The third kappa shape index (κ3) is 2.28. The molecule has 0 spiro atoms. The fourth-order valence-electron chi connectivity index (χ4n) is 7.29. The average Bonchev–Trinajstić information content (AvgIpc) is 2.87. The molecule has 0 aromatic rings. The van der Waals surface area contributed by atoms with Crippen molar-refractivity contribution < 1.29 is 15.0 Å². The van der Waals surface area contributed by atoms with E-state index in [2.05, 4.69) is 13.8 Å². The first-order valence-electron chi connectivity index (χ1n) is 9.96. The molecule has 3 nitrogen and oxygen atoms in total. The van der Waals surface area contributed by atoms with E-state index in [-0.39, 0.29) is 16.7 Å². The molecule has 4 heteroatoms. The van der Waals surface area contributed by atoms with Crippen molar-refractivity contribution in [2.75, 3.05) is 5.88 Å². The first-order valence-corrected chi connectivity index (χ1v) is 10.5. The molecule has 7 atom stereocenters. The van der Waals surface area contributed by atoms with Crippen molar-refractivity contribution in [1.29, 1.82) is 0 Å². The predicted octanol–water partition coefficient (Wildman–Crippen LogP) is 3.85. The van der Waals surface area contributed by atoms with Crippen LogP contribution in [0.5, 0.6) is 0 Å². The number of hydrogen-bond donors (Lipinski definition) is 2. The summed E-state index contributed by atoms with van der Waals surface area (Å²) < 4.78 is 0. The van der Waals surface area contributed by atoms with Gasteiger partial charge in [0.2, 0.25) is 0 Å². The van der Waals surface area contributed by atoms with Crippen LogP contribution >= 0.6 is 11.6 Å². The second kappa shape index (κ2) is 5.81. The lowest BCUT2D eigenvalue weighted by molar-refractivity contribution is -0.170. The molecule has 3 fully saturated rings. The number of allylic oxidation sites excluding steroid dienone is 1. The van der Waals surface area contributed by atoms with Crippen molar-refractivity contribution in [3.05, 3.63) is 11.6 Å². The molecule has 25 heavy (non-hydrogen) atoms. The summed E-state index contributed by atoms with van der Waals surface area (Å²) in [5.41, 5.74) is 0.237. The lowest BCUT2D eigenvalue weighted by Gasteiger charge is -2.59. The maximum absolute atomic E-state index is 11.9. The van der Waals surface area contributed by atoms with Gasteiger partial charge in [-0.25, -0.2) is 0 Å². The van der Waals surface area contributed by atoms with Crippen LogP contribution in [0.4, 0.5) is 0 Å². The number of aliphatic hydroxyl groups is 2. The Morgan fingerprint density at radius 3 is 2.60 bits per heavy atom. The Morgan fingerprint density at radius 1 is 1.16 bits per heavy atom. The molecule has 4 aliphatic rings. The Kier molecular flexibility index (Phi) is 4.18. The summed E-state index contributed by atoms with van der Waals surface area (Å²) in [6.07, 6.45) is 8.56. The van der Waals surface area contributed by atoms with Crippen LogP contribution in [0.2, 0.25) is 0 Å². The maximum Gasteiger partial charge on any atom is 0.155 e. The molecule has 0 amide bonds. The van der Waals surface area contributed by atoms with Gasteiger partial charge in [-0.2, -0.15) is 0 Å². The van der Waals surface area contributed by atoms with Crippen LogP contribution in [0.3, 0.4) is 0 Å². The minimum atomic E-state index is -1.05. The van der Waals surface area contributed by atoms with Crippen LogP contribution < -0.4 is 0 Å². The van der Waals surface area contributed by atoms with Gasteiger partial charge in [0.05, 0.1) is 17.6 Å². The first-order chi connectivity index (χ1) is 11.8. The number of alkyl halides is 1. The smallest absolute Gasteiger partial charge is 0.155 e. The minimum Gasteiger partial charge on any atom is -0.389 e. The number of ketones is 1. The Bertz CT molecular complexity index is 616. The van der Waals surface area contributed by atoms with E-state index in [9.17, 15) is 15.0 Å². The molecule has 0 aromatic heterocycles. The highest BCUT2D eigenvalue weighted by molar-refractivity contribution is 6.18. The zero-order chi connectivity index (χ0) is 18.0. The van der Waals surface area contributed by atoms with E-state index in [1.807, 2.05) is 6.08 Å². The van der Waals surface area contributed by atoms with Crippen LogP contribution in [-0.4, -0.2) is 33.6 Å². The second-order valence-corrected chi connectivity index (χ2v) is 9.87. The van der Waals surface area contributed by atoms with Crippen LogP contribution in [0.1, 0.15) is 65.2 Å². The summed E-state index contributed by atoms with van der Waals surface area (Å²) in [7, 11) is 0. The Labute approximate surface area is 155 Å². The molecular formula is C21H31ClO3. The molecule has 4 aliphatic carbocycles. The van der Waals surface area contributed by atoms with E-state index < -0.39 is 11.7 Å². The normalized spacial score (nSPS) is 50.5. The van der Waals surface area contributed by atoms with Crippen molar-refractivity contribution in [2.24, 2.45) is 28.6 Å². The average molecular weight is 367 g/mol. The highest BCUT2D eigenvalue weighted by Crippen LogP contribution is 2.68. The van der Waals surface area contributed by atoms with Crippen molar-refractivity contribution in [2.45, 2.75) is 76.9 Å². The molecule has 0 heterocycles. The topological polar surface area (TPSA) is 57.5 Å². The zero-order valence-electron chi connectivity index (χ0n) is 15.4. The van der Waals surface area contributed by atoms with Crippen LogP contribution in [-0.2, 0) is 4.79 Å². The number of rotatable bonds is 2. The molecule has 0 radical (unpaired) electrons. The number of carbonyl (C=O) groups excluding carboxylic acids is 1. The van der Waals surface area contributed by atoms with Crippen molar-refractivity contribution in [3.8, 4) is 0 Å². The number of carbonyl (C=O) groups is 1. The summed E-state index contributed by atoms with van der Waals surface area (Å²) in [6, 6.07) is 0. The van der Waals surface area contributed by atoms with E-state index in [1.165, 1.54) is 5.57 Å². The van der Waals surface area contributed by atoms with Gasteiger partial charge in [0.25, 0.3) is 0 Å². The zero-order valence-corrected chi connectivity index (χ0v) is 16.2.